The third-order valence-corrected chi connectivity index (χ3v) is 3.72. The zero-order valence-electron chi connectivity index (χ0n) is 11.2. The summed E-state index contributed by atoms with van der Waals surface area (Å²) in [5.74, 6) is 0. The molecule has 1 fully saturated rings. The summed E-state index contributed by atoms with van der Waals surface area (Å²) in [5.41, 5.74) is 6.35. The summed E-state index contributed by atoms with van der Waals surface area (Å²) >= 11 is 0. The molecule has 1 rings (SSSR count). The fourth-order valence-corrected chi connectivity index (χ4v) is 2.57. The predicted molar refractivity (Wildman–Crippen MR) is 67.6 cm³/mol. The van der Waals surface area contributed by atoms with E-state index in [1.165, 1.54) is 19.3 Å². The lowest BCUT2D eigenvalue weighted by Gasteiger charge is -2.49. The Bertz CT molecular complexity index is 204. The van der Waals surface area contributed by atoms with E-state index in [2.05, 4.69) is 30.9 Å². The van der Waals surface area contributed by atoms with Crippen LogP contribution in [0.1, 0.15) is 19.3 Å². The van der Waals surface area contributed by atoms with Crippen LogP contribution in [0.25, 0.3) is 0 Å². The van der Waals surface area contributed by atoms with Gasteiger partial charge in [-0.1, -0.05) is 0 Å². The van der Waals surface area contributed by atoms with Crippen molar-refractivity contribution in [3.8, 4) is 0 Å². The Kier molecular flexibility index (Phi) is 5.18. The quantitative estimate of drug-likeness (QED) is 0.685. The van der Waals surface area contributed by atoms with Gasteiger partial charge in [0.25, 0.3) is 0 Å². The second-order valence-corrected chi connectivity index (χ2v) is 5.38. The van der Waals surface area contributed by atoms with Crippen LogP contribution in [0, 0.1) is 0 Å². The Hall–Kier alpha value is -0.160. The normalized spacial score (nSPS) is 21.2. The fraction of sp³-hybridized carbons (Fsp3) is 1.00. The van der Waals surface area contributed by atoms with E-state index >= 15 is 0 Å². The highest BCUT2D eigenvalue weighted by Crippen LogP contribution is 2.36. The number of methoxy groups -OCH3 is 1. The minimum Gasteiger partial charge on any atom is -0.383 e. The minimum atomic E-state index is 0.120. The topological polar surface area (TPSA) is 41.7 Å². The Morgan fingerprint density at radius 1 is 1.31 bits per heavy atom. The largest absolute Gasteiger partial charge is 0.383 e. The highest BCUT2D eigenvalue weighted by molar-refractivity contribution is 4.98. The van der Waals surface area contributed by atoms with Gasteiger partial charge < -0.3 is 20.3 Å². The van der Waals surface area contributed by atoms with Gasteiger partial charge in [0.15, 0.2) is 0 Å². The molecule has 0 saturated heterocycles. The molecule has 1 saturated carbocycles. The molecule has 0 heterocycles. The number of rotatable bonds is 7. The Morgan fingerprint density at radius 3 is 2.31 bits per heavy atom. The Labute approximate surface area is 99.7 Å². The third kappa shape index (κ3) is 3.42. The molecule has 0 aromatic heterocycles. The van der Waals surface area contributed by atoms with Gasteiger partial charge in [0.1, 0.15) is 0 Å². The molecule has 0 aliphatic heterocycles. The molecule has 16 heavy (non-hydrogen) atoms. The lowest BCUT2D eigenvalue weighted by molar-refractivity contribution is 0.0242. The molecule has 0 radical (unpaired) electrons. The van der Waals surface area contributed by atoms with E-state index in [1.807, 2.05) is 0 Å². The van der Waals surface area contributed by atoms with Crippen LogP contribution in [0.5, 0.6) is 0 Å². The van der Waals surface area contributed by atoms with Crippen LogP contribution in [0.4, 0.5) is 0 Å². The highest BCUT2D eigenvalue weighted by atomic mass is 16.5. The molecular weight excluding hydrogens is 202 g/mol. The molecule has 1 atom stereocenters. The van der Waals surface area contributed by atoms with Crippen molar-refractivity contribution in [2.24, 2.45) is 5.73 Å². The minimum absolute atomic E-state index is 0.120. The van der Waals surface area contributed by atoms with E-state index in [0.29, 0.717) is 12.1 Å². The maximum Gasteiger partial charge on any atom is 0.0626 e. The first-order valence-electron chi connectivity index (χ1n) is 6.11. The molecule has 96 valence electrons. The first-order valence-corrected chi connectivity index (χ1v) is 6.11. The molecule has 0 spiro atoms. The zero-order chi connectivity index (χ0) is 12.2. The summed E-state index contributed by atoms with van der Waals surface area (Å²) in [7, 11) is 8.22. The van der Waals surface area contributed by atoms with E-state index in [4.69, 9.17) is 10.5 Å². The van der Waals surface area contributed by atoms with Gasteiger partial charge in [0.05, 0.1) is 6.61 Å². The summed E-state index contributed by atoms with van der Waals surface area (Å²) in [5, 5.41) is 0. The number of hydrogen-bond acceptors (Lipinski definition) is 4. The maximum absolute atomic E-state index is 5.96. The number of nitrogens with zero attached hydrogens (tertiary/aromatic N) is 2. The van der Waals surface area contributed by atoms with Crippen molar-refractivity contribution in [2.45, 2.75) is 30.8 Å². The Morgan fingerprint density at radius 2 is 1.94 bits per heavy atom. The van der Waals surface area contributed by atoms with E-state index in [-0.39, 0.29) is 6.04 Å². The van der Waals surface area contributed by atoms with Gasteiger partial charge in [-0.05, 0) is 40.4 Å². The van der Waals surface area contributed by atoms with Crippen LogP contribution in [0.3, 0.4) is 0 Å². The van der Waals surface area contributed by atoms with Crippen LogP contribution in [-0.2, 0) is 4.74 Å². The van der Waals surface area contributed by atoms with Gasteiger partial charge in [0.2, 0.25) is 0 Å². The smallest absolute Gasteiger partial charge is 0.0626 e. The molecule has 1 aliphatic rings. The maximum atomic E-state index is 5.96. The molecule has 0 aromatic carbocycles. The average Bonchev–Trinajstić information content (AvgIpc) is 2.10. The first-order chi connectivity index (χ1) is 7.50. The monoisotopic (exact) mass is 229 g/mol. The lowest BCUT2D eigenvalue weighted by Crippen LogP contribution is -2.57. The third-order valence-electron chi connectivity index (χ3n) is 3.72. The average molecular weight is 229 g/mol. The van der Waals surface area contributed by atoms with Crippen LogP contribution in [0.2, 0.25) is 0 Å². The number of hydrogen-bond donors (Lipinski definition) is 1. The summed E-state index contributed by atoms with van der Waals surface area (Å²) in [6, 6.07) is 0.120. The molecule has 4 heteroatoms. The molecule has 2 N–H and O–H groups in total. The number of nitrogens with two attached hydrogens (primary N) is 1. The van der Waals surface area contributed by atoms with Gasteiger partial charge in [-0.15, -0.1) is 0 Å². The molecule has 4 nitrogen and oxygen atoms in total. The second-order valence-electron chi connectivity index (χ2n) is 5.38. The Balaban J connectivity index is 2.35. The predicted octanol–water partition coefficient (Wildman–Crippen LogP) is 0.376. The molecule has 0 bridgehead atoms. The van der Waals surface area contributed by atoms with Crippen LogP contribution in [0.15, 0.2) is 0 Å². The molecule has 1 unspecified atom stereocenters. The standard InChI is InChI=1S/C12H27N3O/c1-14(2)12(6-5-7-12)10-15(3)8-11(13)9-16-4/h11H,5-10,13H2,1-4H3. The van der Waals surface area contributed by atoms with E-state index < -0.39 is 0 Å². The van der Waals surface area contributed by atoms with Crippen molar-refractivity contribution in [1.29, 1.82) is 0 Å². The SMILES string of the molecule is COCC(N)CN(C)CC1(N(C)C)CCC1. The van der Waals surface area contributed by atoms with Gasteiger partial charge in [-0.25, -0.2) is 0 Å². The molecule has 0 aromatic rings. The summed E-state index contributed by atoms with van der Waals surface area (Å²) < 4.78 is 5.06. The molecular formula is C12H27N3O. The van der Waals surface area contributed by atoms with Gasteiger partial charge >= 0.3 is 0 Å². The highest BCUT2D eigenvalue weighted by Gasteiger charge is 2.39. The number of ether oxygens (including phenoxy) is 1. The summed E-state index contributed by atoms with van der Waals surface area (Å²) in [4.78, 5) is 4.71. The van der Waals surface area contributed by atoms with Crippen LogP contribution >= 0.6 is 0 Å². The molecule has 0 amide bonds. The van der Waals surface area contributed by atoms with Crippen molar-refractivity contribution in [3.63, 3.8) is 0 Å². The van der Waals surface area contributed by atoms with E-state index in [1.54, 1.807) is 7.11 Å². The van der Waals surface area contributed by atoms with Crippen molar-refractivity contribution < 1.29 is 4.74 Å². The first kappa shape index (κ1) is 13.9. The van der Waals surface area contributed by atoms with Gasteiger partial charge in [0, 0.05) is 31.8 Å². The van der Waals surface area contributed by atoms with Gasteiger partial charge in [-0.2, -0.15) is 0 Å². The zero-order valence-corrected chi connectivity index (χ0v) is 11.2. The fourth-order valence-electron chi connectivity index (χ4n) is 2.57. The van der Waals surface area contributed by atoms with E-state index in [0.717, 1.165) is 13.1 Å². The summed E-state index contributed by atoms with van der Waals surface area (Å²) in [6.45, 7) is 2.65. The molecule has 1 aliphatic carbocycles. The van der Waals surface area contributed by atoms with Crippen molar-refractivity contribution in [3.05, 3.63) is 0 Å². The van der Waals surface area contributed by atoms with Gasteiger partial charge in [-0.3, -0.25) is 0 Å². The van der Waals surface area contributed by atoms with Crippen molar-refractivity contribution in [1.82, 2.24) is 9.80 Å². The van der Waals surface area contributed by atoms with Crippen molar-refractivity contribution in [2.75, 3.05) is 47.9 Å². The van der Waals surface area contributed by atoms with E-state index in [9.17, 15) is 0 Å². The second kappa shape index (κ2) is 5.96. The van der Waals surface area contributed by atoms with Crippen molar-refractivity contribution >= 4 is 0 Å². The van der Waals surface area contributed by atoms with Crippen LogP contribution < -0.4 is 5.73 Å². The van der Waals surface area contributed by atoms with Crippen LogP contribution in [-0.4, -0.2) is 69.3 Å². The number of likely N-dealkylation sites (N-methyl/N-ethyl adjacent to an activating group) is 2. The lowest BCUT2D eigenvalue weighted by atomic mass is 9.75. The summed E-state index contributed by atoms with van der Waals surface area (Å²) in [6.07, 6.45) is 3.98.